The number of nitrogens with zero attached hydrogens (tertiary/aromatic N) is 1. The Hall–Kier alpha value is -1.35. The average molecular weight is 314 g/mol. The fraction of sp³-hybridized carbons (Fsp3) is 0.650. The molecule has 126 valence electrons. The van der Waals surface area contributed by atoms with E-state index in [9.17, 15) is 4.79 Å². The topological polar surface area (TPSA) is 32.3 Å². The highest BCUT2D eigenvalue weighted by molar-refractivity contribution is 5.94. The maximum absolute atomic E-state index is 12.3. The van der Waals surface area contributed by atoms with Gasteiger partial charge in [0.1, 0.15) is 0 Å². The number of hydrogen-bond acceptors (Lipinski definition) is 2. The summed E-state index contributed by atoms with van der Waals surface area (Å²) < 4.78 is 0. The molecule has 2 aliphatic carbocycles. The van der Waals surface area contributed by atoms with Crippen LogP contribution in [0.15, 0.2) is 24.3 Å². The van der Waals surface area contributed by atoms with Gasteiger partial charge in [-0.1, -0.05) is 31.4 Å². The van der Waals surface area contributed by atoms with Gasteiger partial charge in [-0.15, -0.1) is 0 Å². The molecular weight excluding hydrogens is 284 g/mol. The molecule has 0 bridgehead atoms. The summed E-state index contributed by atoms with van der Waals surface area (Å²) in [6.45, 7) is 2.90. The van der Waals surface area contributed by atoms with Crippen LogP contribution in [0.3, 0.4) is 0 Å². The first-order chi connectivity index (χ1) is 11.1. The first-order valence-corrected chi connectivity index (χ1v) is 9.25. The number of rotatable bonds is 6. The fourth-order valence-electron chi connectivity index (χ4n) is 3.67. The molecule has 1 unspecified atom stereocenters. The molecular formula is C20H30N2O. The predicted octanol–water partition coefficient (Wildman–Crippen LogP) is 3.95. The first kappa shape index (κ1) is 16.5. The van der Waals surface area contributed by atoms with E-state index in [-0.39, 0.29) is 5.91 Å². The molecule has 1 atom stereocenters. The Morgan fingerprint density at radius 2 is 1.78 bits per heavy atom. The molecule has 2 fully saturated rings. The minimum atomic E-state index is 0.0521. The van der Waals surface area contributed by atoms with Crippen molar-refractivity contribution >= 4 is 5.91 Å². The maximum atomic E-state index is 12.3. The summed E-state index contributed by atoms with van der Waals surface area (Å²) in [5, 5.41) is 3.08. The van der Waals surface area contributed by atoms with Crippen LogP contribution in [-0.4, -0.2) is 36.5 Å². The zero-order valence-electron chi connectivity index (χ0n) is 14.6. The van der Waals surface area contributed by atoms with E-state index in [0.717, 1.165) is 18.2 Å². The van der Waals surface area contributed by atoms with Gasteiger partial charge in [-0.25, -0.2) is 0 Å². The Labute approximate surface area is 140 Å². The third-order valence-electron chi connectivity index (χ3n) is 5.63. The minimum Gasteiger partial charge on any atom is -0.350 e. The fourth-order valence-corrected chi connectivity index (χ4v) is 3.67. The van der Waals surface area contributed by atoms with Crippen LogP contribution in [0.4, 0.5) is 0 Å². The number of hydrogen-bond donors (Lipinski definition) is 1. The molecule has 2 saturated carbocycles. The number of carbonyl (C=O) groups excluding carboxylic acids is 1. The second-order valence-corrected chi connectivity index (χ2v) is 7.41. The summed E-state index contributed by atoms with van der Waals surface area (Å²) in [5.41, 5.74) is 2.19. The van der Waals surface area contributed by atoms with Gasteiger partial charge in [0.2, 0.25) is 0 Å². The molecule has 3 heteroatoms. The number of benzene rings is 1. The lowest BCUT2D eigenvalue weighted by atomic mass is 9.84. The van der Waals surface area contributed by atoms with Crippen molar-refractivity contribution in [2.24, 2.45) is 0 Å². The Kier molecular flexibility index (Phi) is 5.37. The van der Waals surface area contributed by atoms with E-state index in [2.05, 4.69) is 36.3 Å². The molecule has 3 rings (SSSR count). The Morgan fingerprint density at radius 1 is 1.13 bits per heavy atom. The van der Waals surface area contributed by atoms with Crippen molar-refractivity contribution in [3.05, 3.63) is 35.4 Å². The zero-order chi connectivity index (χ0) is 16.2. The molecule has 0 spiro atoms. The molecule has 1 amide bonds. The summed E-state index contributed by atoms with van der Waals surface area (Å²) in [6, 6.07) is 9.43. The van der Waals surface area contributed by atoms with Crippen LogP contribution in [0.2, 0.25) is 0 Å². The number of likely N-dealkylation sites (N-methyl/N-ethyl adjacent to an activating group) is 1. The van der Waals surface area contributed by atoms with E-state index < -0.39 is 0 Å². The van der Waals surface area contributed by atoms with Crippen molar-refractivity contribution < 1.29 is 4.79 Å². The third kappa shape index (κ3) is 4.35. The minimum absolute atomic E-state index is 0.0521. The van der Waals surface area contributed by atoms with Crippen molar-refractivity contribution in [3.63, 3.8) is 0 Å². The lowest BCUT2D eigenvalue weighted by Crippen LogP contribution is -2.41. The van der Waals surface area contributed by atoms with Gasteiger partial charge in [-0.3, -0.25) is 9.69 Å². The molecule has 0 aromatic heterocycles. The molecule has 0 aliphatic heterocycles. The van der Waals surface area contributed by atoms with Crippen LogP contribution >= 0.6 is 0 Å². The van der Waals surface area contributed by atoms with Crippen molar-refractivity contribution in [2.45, 2.75) is 69.9 Å². The molecule has 0 radical (unpaired) electrons. The average Bonchev–Trinajstić information content (AvgIpc) is 3.44. The van der Waals surface area contributed by atoms with E-state index in [1.165, 1.54) is 50.5 Å². The highest BCUT2D eigenvalue weighted by atomic mass is 16.1. The van der Waals surface area contributed by atoms with Gasteiger partial charge < -0.3 is 5.32 Å². The summed E-state index contributed by atoms with van der Waals surface area (Å²) in [6.07, 6.45) is 9.28. The SMILES string of the molecule is CC(CNC(=O)c1ccc(C2CCCCC2)cc1)N(C)C1CC1. The van der Waals surface area contributed by atoms with E-state index in [1.807, 2.05) is 12.1 Å². The zero-order valence-corrected chi connectivity index (χ0v) is 14.6. The monoisotopic (exact) mass is 314 g/mol. The van der Waals surface area contributed by atoms with Crippen LogP contribution in [0.1, 0.15) is 73.7 Å². The quantitative estimate of drug-likeness (QED) is 0.862. The largest absolute Gasteiger partial charge is 0.350 e. The highest BCUT2D eigenvalue weighted by Gasteiger charge is 2.29. The van der Waals surface area contributed by atoms with Crippen LogP contribution in [-0.2, 0) is 0 Å². The van der Waals surface area contributed by atoms with Gasteiger partial charge in [0.05, 0.1) is 0 Å². The Morgan fingerprint density at radius 3 is 2.39 bits per heavy atom. The van der Waals surface area contributed by atoms with E-state index in [4.69, 9.17) is 0 Å². The molecule has 23 heavy (non-hydrogen) atoms. The third-order valence-corrected chi connectivity index (χ3v) is 5.63. The van der Waals surface area contributed by atoms with E-state index in [0.29, 0.717) is 12.0 Å². The summed E-state index contributed by atoms with van der Waals surface area (Å²) in [7, 11) is 2.16. The predicted molar refractivity (Wildman–Crippen MR) is 94.8 cm³/mol. The van der Waals surface area contributed by atoms with Crippen molar-refractivity contribution in [1.29, 1.82) is 0 Å². The van der Waals surface area contributed by atoms with Gasteiger partial charge in [-0.2, -0.15) is 0 Å². The molecule has 2 aliphatic rings. The standard InChI is InChI=1S/C20H30N2O/c1-15(22(2)19-12-13-19)14-21-20(23)18-10-8-17(9-11-18)16-6-4-3-5-7-16/h8-11,15-16,19H,3-7,12-14H2,1-2H3,(H,21,23). The molecule has 0 saturated heterocycles. The van der Waals surface area contributed by atoms with Crippen LogP contribution in [0.25, 0.3) is 0 Å². The number of amides is 1. The van der Waals surface area contributed by atoms with Crippen molar-refractivity contribution in [1.82, 2.24) is 10.2 Å². The molecule has 0 heterocycles. The first-order valence-electron chi connectivity index (χ1n) is 9.25. The van der Waals surface area contributed by atoms with Crippen LogP contribution in [0, 0.1) is 0 Å². The highest BCUT2D eigenvalue weighted by Crippen LogP contribution is 2.32. The lowest BCUT2D eigenvalue weighted by Gasteiger charge is -2.24. The lowest BCUT2D eigenvalue weighted by molar-refractivity contribution is 0.0939. The maximum Gasteiger partial charge on any atom is 0.251 e. The molecule has 1 aromatic carbocycles. The van der Waals surface area contributed by atoms with Crippen LogP contribution in [0.5, 0.6) is 0 Å². The Balaban J connectivity index is 1.50. The second kappa shape index (κ2) is 7.48. The van der Waals surface area contributed by atoms with Crippen molar-refractivity contribution in [3.8, 4) is 0 Å². The van der Waals surface area contributed by atoms with Crippen LogP contribution < -0.4 is 5.32 Å². The van der Waals surface area contributed by atoms with Gasteiger partial charge in [0.25, 0.3) is 5.91 Å². The van der Waals surface area contributed by atoms with Gasteiger partial charge >= 0.3 is 0 Å². The van der Waals surface area contributed by atoms with Gasteiger partial charge in [0.15, 0.2) is 0 Å². The summed E-state index contributed by atoms with van der Waals surface area (Å²) in [5.74, 6) is 0.754. The van der Waals surface area contributed by atoms with Gasteiger partial charge in [-0.05, 0) is 63.3 Å². The molecule has 1 N–H and O–H groups in total. The van der Waals surface area contributed by atoms with Crippen molar-refractivity contribution in [2.75, 3.05) is 13.6 Å². The summed E-state index contributed by atoms with van der Waals surface area (Å²) >= 11 is 0. The number of nitrogens with one attached hydrogen (secondary N) is 1. The number of carbonyl (C=O) groups is 1. The van der Waals surface area contributed by atoms with E-state index in [1.54, 1.807) is 0 Å². The normalized spacial score (nSPS) is 20.5. The Bertz CT molecular complexity index is 515. The smallest absolute Gasteiger partial charge is 0.251 e. The summed E-state index contributed by atoms with van der Waals surface area (Å²) in [4.78, 5) is 14.7. The second-order valence-electron chi connectivity index (χ2n) is 7.41. The molecule has 3 nitrogen and oxygen atoms in total. The molecule has 1 aromatic rings. The van der Waals surface area contributed by atoms with Gasteiger partial charge in [0, 0.05) is 24.2 Å². The van der Waals surface area contributed by atoms with E-state index >= 15 is 0 Å².